The Bertz CT molecular complexity index is 802. The number of carboxylic acids is 1. The van der Waals surface area contributed by atoms with E-state index in [0.29, 0.717) is 0 Å². The molecule has 0 aromatic rings. The molecule has 15 nitrogen and oxygen atoms in total. The standard InChI is InChI=1S/C19H33N7O8/c1-8(2)15(19(33)34)26-18(32)11(7-14(23)29)25-17(31)10(4-6-13(22)28)24-16(30)9(20)3-5-12(21)27/h8-11,15H,3-7,20H2,1-2H3,(H2,21,27)(H2,22,28)(H2,23,29)(H,24,30)(H,25,31)(H,26,32)(H,33,34). The fraction of sp³-hybridized carbons (Fsp3) is 0.632. The Morgan fingerprint density at radius 3 is 1.62 bits per heavy atom. The van der Waals surface area contributed by atoms with E-state index in [2.05, 4.69) is 16.0 Å². The van der Waals surface area contributed by atoms with E-state index in [9.17, 15) is 38.7 Å². The van der Waals surface area contributed by atoms with Crippen LogP contribution in [0.1, 0.15) is 46.0 Å². The first-order chi connectivity index (χ1) is 15.6. The molecule has 0 saturated carbocycles. The molecular weight excluding hydrogens is 454 g/mol. The van der Waals surface area contributed by atoms with Gasteiger partial charge < -0.3 is 44.0 Å². The minimum absolute atomic E-state index is 0.107. The van der Waals surface area contributed by atoms with Crippen LogP contribution in [0.3, 0.4) is 0 Å². The molecule has 0 fully saturated rings. The van der Waals surface area contributed by atoms with E-state index in [4.69, 9.17) is 22.9 Å². The largest absolute Gasteiger partial charge is 0.480 e. The van der Waals surface area contributed by atoms with Gasteiger partial charge in [-0.2, -0.15) is 0 Å². The summed E-state index contributed by atoms with van der Waals surface area (Å²) in [6.07, 6.45) is -1.56. The summed E-state index contributed by atoms with van der Waals surface area (Å²) < 4.78 is 0. The summed E-state index contributed by atoms with van der Waals surface area (Å²) in [7, 11) is 0. The SMILES string of the molecule is CC(C)C(NC(=O)C(CC(N)=O)NC(=O)C(CCC(N)=O)NC(=O)C(N)CCC(N)=O)C(=O)O. The van der Waals surface area contributed by atoms with Gasteiger partial charge in [0.15, 0.2) is 0 Å². The highest BCUT2D eigenvalue weighted by Gasteiger charge is 2.32. The van der Waals surface area contributed by atoms with Crippen molar-refractivity contribution in [3.63, 3.8) is 0 Å². The number of carbonyl (C=O) groups is 7. The van der Waals surface area contributed by atoms with Crippen molar-refractivity contribution in [1.82, 2.24) is 16.0 Å². The van der Waals surface area contributed by atoms with Crippen molar-refractivity contribution < 1.29 is 38.7 Å². The van der Waals surface area contributed by atoms with Gasteiger partial charge >= 0.3 is 5.97 Å². The topological polar surface area (TPSA) is 280 Å². The first-order valence-corrected chi connectivity index (χ1v) is 10.4. The molecule has 0 aromatic heterocycles. The maximum atomic E-state index is 12.8. The molecule has 0 heterocycles. The van der Waals surface area contributed by atoms with Gasteiger partial charge in [-0.05, 0) is 18.8 Å². The molecule has 15 heteroatoms. The second kappa shape index (κ2) is 14.4. The van der Waals surface area contributed by atoms with E-state index in [1.54, 1.807) is 0 Å². The number of amides is 6. The van der Waals surface area contributed by atoms with Crippen molar-refractivity contribution in [2.45, 2.75) is 70.1 Å². The van der Waals surface area contributed by atoms with Crippen LogP contribution in [-0.4, -0.2) is 70.7 Å². The van der Waals surface area contributed by atoms with Crippen LogP contribution < -0.4 is 38.9 Å². The number of hydrogen-bond acceptors (Lipinski definition) is 8. The van der Waals surface area contributed by atoms with Gasteiger partial charge in [-0.15, -0.1) is 0 Å². The summed E-state index contributed by atoms with van der Waals surface area (Å²) in [6, 6.07) is -5.48. The monoisotopic (exact) mass is 487 g/mol. The van der Waals surface area contributed by atoms with E-state index in [-0.39, 0.29) is 25.7 Å². The zero-order chi connectivity index (χ0) is 26.6. The van der Waals surface area contributed by atoms with E-state index < -0.39 is 77.9 Å². The Kier molecular flexibility index (Phi) is 12.8. The quantitative estimate of drug-likeness (QED) is 0.105. The molecule has 12 N–H and O–H groups in total. The Hall–Kier alpha value is -3.75. The first kappa shape index (κ1) is 30.2. The number of nitrogens with one attached hydrogen (secondary N) is 3. The van der Waals surface area contributed by atoms with E-state index >= 15 is 0 Å². The number of carbonyl (C=O) groups excluding carboxylic acids is 6. The third-order valence-electron chi connectivity index (χ3n) is 4.62. The molecule has 0 spiro atoms. The Labute approximate surface area is 195 Å². The van der Waals surface area contributed by atoms with Gasteiger partial charge in [0.2, 0.25) is 35.4 Å². The molecule has 0 aliphatic heterocycles. The normalized spacial score (nSPS) is 14.2. The highest BCUT2D eigenvalue weighted by Crippen LogP contribution is 2.06. The van der Waals surface area contributed by atoms with Gasteiger partial charge in [-0.3, -0.25) is 28.8 Å². The molecule has 192 valence electrons. The summed E-state index contributed by atoms with van der Waals surface area (Å²) in [4.78, 5) is 82.5. The van der Waals surface area contributed by atoms with Gasteiger partial charge in [-0.1, -0.05) is 13.8 Å². The maximum absolute atomic E-state index is 12.8. The molecule has 4 unspecified atom stereocenters. The highest BCUT2D eigenvalue weighted by atomic mass is 16.4. The second-order valence-corrected chi connectivity index (χ2v) is 7.98. The molecule has 0 aromatic carbocycles. The predicted molar refractivity (Wildman–Crippen MR) is 117 cm³/mol. The molecule has 0 radical (unpaired) electrons. The first-order valence-electron chi connectivity index (χ1n) is 10.4. The molecule has 0 aliphatic carbocycles. The smallest absolute Gasteiger partial charge is 0.326 e. The zero-order valence-electron chi connectivity index (χ0n) is 19.0. The van der Waals surface area contributed by atoms with Gasteiger partial charge in [0.25, 0.3) is 0 Å². The number of carboxylic acid groups (broad SMARTS) is 1. The van der Waals surface area contributed by atoms with Gasteiger partial charge in [-0.25, -0.2) is 4.79 Å². The molecule has 34 heavy (non-hydrogen) atoms. The fourth-order valence-corrected chi connectivity index (χ4v) is 2.71. The van der Waals surface area contributed by atoms with Crippen LogP contribution in [0.5, 0.6) is 0 Å². The van der Waals surface area contributed by atoms with E-state index in [1.165, 1.54) is 13.8 Å². The molecule has 0 bridgehead atoms. The summed E-state index contributed by atoms with van der Waals surface area (Å²) in [5.41, 5.74) is 20.9. The number of primary amides is 3. The van der Waals surface area contributed by atoms with E-state index in [0.717, 1.165) is 0 Å². The van der Waals surface area contributed by atoms with Crippen molar-refractivity contribution >= 4 is 41.4 Å². The van der Waals surface area contributed by atoms with Crippen molar-refractivity contribution in [3.8, 4) is 0 Å². The predicted octanol–water partition coefficient (Wildman–Crippen LogP) is -4.08. The Morgan fingerprint density at radius 2 is 1.18 bits per heavy atom. The number of hydrogen-bond donors (Lipinski definition) is 8. The Balaban J connectivity index is 5.56. The lowest BCUT2D eigenvalue weighted by Gasteiger charge is -2.25. The number of rotatable bonds is 16. The fourth-order valence-electron chi connectivity index (χ4n) is 2.71. The average Bonchev–Trinajstić information content (AvgIpc) is 2.70. The summed E-state index contributed by atoms with van der Waals surface area (Å²) in [6.45, 7) is 3.08. The Morgan fingerprint density at radius 1 is 0.706 bits per heavy atom. The maximum Gasteiger partial charge on any atom is 0.326 e. The number of nitrogens with two attached hydrogens (primary N) is 4. The minimum Gasteiger partial charge on any atom is -0.480 e. The summed E-state index contributed by atoms with van der Waals surface area (Å²) in [5, 5.41) is 16.0. The van der Waals surface area contributed by atoms with Crippen LogP contribution in [0.2, 0.25) is 0 Å². The van der Waals surface area contributed by atoms with Crippen molar-refractivity contribution in [2.75, 3.05) is 0 Å². The molecular formula is C19H33N7O8. The van der Waals surface area contributed by atoms with Crippen LogP contribution in [0.15, 0.2) is 0 Å². The van der Waals surface area contributed by atoms with Gasteiger partial charge in [0.05, 0.1) is 12.5 Å². The van der Waals surface area contributed by atoms with Crippen LogP contribution in [0.25, 0.3) is 0 Å². The van der Waals surface area contributed by atoms with Crippen molar-refractivity contribution in [2.24, 2.45) is 28.9 Å². The van der Waals surface area contributed by atoms with Crippen molar-refractivity contribution in [3.05, 3.63) is 0 Å². The molecule has 6 amide bonds. The third kappa shape index (κ3) is 11.8. The summed E-state index contributed by atoms with van der Waals surface area (Å²) in [5.74, 6) is -7.10. The van der Waals surface area contributed by atoms with Gasteiger partial charge in [0.1, 0.15) is 18.1 Å². The summed E-state index contributed by atoms with van der Waals surface area (Å²) >= 11 is 0. The van der Waals surface area contributed by atoms with E-state index in [1.807, 2.05) is 0 Å². The lowest BCUT2D eigenvalue weighted by molar-refractivity contribution is -0.143. The molecule has 0 rings (SSSR count). The van der Waals surface area contributed by atoms with Crippen LogP contribution in [0, 0.1) is 5.92 Å². The highest BCUT2D eigenvalue weighted by molar-refractivity contribution is 5.96. The lowest BCUT2D eigenvalue weighted by atomic mass is 10.0. The van der Waals surface area contributed by atoms with Crippen LogP contribution >= 0.6 is 0 Å². The van der Waals surface area contributed by atoms with Crippen LogP contribution in [-0.2, 0) is 33.6 Å². The molecule has 0 aliphatic rings. The number of aliphatic carboxylic acids is 1. The minimum atomic E-state index is -1.57. The lowest BCUT2D eigenvalue weighted by Crippen LogP contribution is -2.58. The third-order valence-corrected chi connectivity index (χ3v) is 4.62. The molecule has 4 atom stereocenters. The zero-order valence-corrected chi connectivity index (χ0v) is 19.0. The van der Waals surface area contributed by atoms with Crippen molar-refractivity contribution in [1.29, 1.82) is 0 Å². The second-order valence-electron chi connectivity index (χ2n) is 7.98. The van der Waals surface area contributed by atoms with Crippen LogP contribution in [0.4, 0.5) is 0 Å². The van der Waals surface area contributed by atoms with Gasteiger partial charge in [0, 0.05) is 12.8 Å². The average molecular weight is 488 g/mol. The molecule has 0 saturated heterocycles.